The van der Waals surface area contributed by atoms with Crippen LogP contribution < -0.4 is 0 Å². The van der Waals surface area contributed by atoms with Crippen LogP contribution in [0.3, 0.4) is 0 Å². The summed E-state index contributed by atoms with van der Waals surface area (Å²) in [5, 5.41) is 20.9. The Labute approximate surface area is 154 Å². The number of rotatable bonds is 4. The molecule has 3 aromatic rings. The molecule has 26 heavy (non-hydrogen) atoms. The lowest BCUT2D eigenvalue weighted by Crippen LogP contribution is -1.91. The van der Waals surface area contributed by atoms with Gasteiger partial charge in [0.05, 0.1) is 22.1 Å². The van der Waals surface area contributed by atoms with Gasteiger partial charge in [0, 0.05) is 11.1 Å². The van der Waals surface area contributed by atoms with Crippen LogP contribution in [-0.2, 0) is 0 Å². The molecule has 0 fully saturated rings. The number of furan rings is 1. The molecular formula is C20H13ClN2O3. The number of hydrogen-bond donors (Lipinski definition) is 0. The zero-order chi connectivity index (χ0) is 18.7. The number of nitro groups is 1. The molecule has 0 spiro atoms. The molecule has 1 aromatic heterocycles. The van der Waals surface area contributed by atoms with Crippen LogP contribution >= 0.6 is 11.6 Å². The summed E-state index contributed by atoms with van der Waals surface area (Å²) in [7, 11) is 0. The summed E-state index contributed by atoms with van der Waals surface area (Å²) in [6, 6.07) is 17.4. The zero-order valence-corrected chi connectivity index (χ0v) is 14.5. The van der Waals surface area contributed by atoms with Crippen molar-refractivity contribution in [3.05, 3.63) is 86.6 Å². The van der Waals surface area contributed by atoms with Gasteiger partial charge in [-0.1, -0.05) is 41.4 Å². The maximum absolute atomic E-state index is 11.2. The van der Waals surface area contributed by atoms with Crippen LogP contribution in [-0.4, -0.2) is 4.92 Å². The van der Waals surface area contributed by atoms with Gasteiger partial charge in [-0.25, -0.2) is 0 Å². The third-order valence-corrected chi connectivity index (χ3v) is 4.05. The molecule has 6 heteroatoms. The molecule has 0 saturated carbocycles. The van der Waals surface area contributed by atoms with Crippen LogP contribution in [0.2, 0.25) is 5.02 Å². The molecule has 0 N–H and O–H groups in total. The minimum absolute atomic E-state index is 0.138. The van der Waals surface area contributed by atoms with Crippen molar-refractivity contribution in [3.8, 4) is 17.4 Å². The molecule has 0 atom stereocenters. The van der Waals surface area contributed by atoms with Gasteiger partial charge in [-0.2, -0.15) is 5.26 Å². The first-order chi connectivity index (χ1) is 12.5. The van der Waals surface area contributed by atoms with Crippen molar-refractivity contribution in [1.29, 1.82) is 5.26 Å². The Bertz CT molecular complexity index is 1040. The average Bonchev–Trinajstić information content (AvgIpc) is 3.09. The number of aryl methyl sites for hydroxylation is 1. The maximum atomic E-state index is 11.2. The lowest BCUT2D eigenvalue weighted by atomic mass is 10.0. The minimum Gasteiger partial charge on any atom is -0.456 e. The predicted octanol–water partition coefficient (Wildman–Crippen LogP) is 5.88. The fourth-order valence-electron chi connectivity index (χ4n) is 2.49. The highest BCUT2D eigenvalue weighted by Gasteiger charge is 2.18. The minimum atomic E-state index is -0.508. The van der Waals surface area contributed by atoms with E-state index in [9.17, 15) is 15.4 Å². The van der Waals surface area contributed by atoms with Crippen molar-refractivity contribution in [2.75, 3.05) is 0 Å². The average molecular weight is 365 g/mol. The number of nitrogens with zero attached hydrogens (tertiary/aromatic N) is 2. The van der Waals surface area contributed by atoms with Gasteiger partial charge in [0.1, 0.15) is 11.5 Å². The maximum Gasteiger partial charge on any atom is 0.281 e. The molecule has 0 amide bonds. The fraction of sp³-hybridized carbons (Fsp3) is 0.0500. The lowest BCUT2D eigenvalue weighted by Gasteiger charge is -2.01. The van der Waals surface area contributed by atoms with Crippen molar-refractivity contribution < 1.29 is 9.34 Å². The van der Waals surface area contributed by atoms with E-state index in [0.717, 1.165) is 11.1 Å². The van der Waals surface area contributed by atoms with Crippen LogP contribution in [0.4, 0.5) is 5.69 Å². The lowest BCUT2D eigenvalue weighted by molar-refractivity contribution is -0.384. The van der Waals surface area contributed by atoms with Gasteiger partial charge >= 0.3 is 0 Å². The highest BCUT2D eigenvalue weighted by Crippen LogP contribution is 2.34. The monoisotopic (exact) mass is 364 g/mol. The summed E-state index contributed by atoms with van der Waals surface area (Å²) in [4.78, 5) is 10.7. The van der Waals surface area contributed by atoms with Gasteiger partial charge in [0.15, 0.2) is 0 Å². The van der Waals surface area contributed by atoms with Crippen LogP contribution in [0.1, 0.15) is 16.9 Å². The Morgan fingerprint density at radius 3 is 2.58 bits per heavy atom. The summed E-state index contributed by atoms with van der Waals surface area (Å²) >= 11 is 5.84. The number of nitro benzene ring substituents is 1. The van der Waals surface area contributed by atoms with Crippen LogP contribution in [0, 0.1) is 28.4 Å². The Hall–Kier alpha value is -3.36. The van der Waals surface area contributed by atoms with E-state index < -0.39 is 4.92 Å². The molecular weight excluding hydrogens is 352 g/mol. The normalized spacial score (nSPS) is 11.2. The van der Waals surface area contributed by atoms with Crippen molar-refractivity contribution in [2.45, 2.75) is 6.92 Å². The highest BCUT2D eigenvalue weighted by molar-refractivity contribution is 6.30. The van der Waals surface area contributed by atoms with Crippen molar-refractivity contribution >= 4 is 28.9 Å². The second-order valence-electron chi connectivity index (χ2n) is 5.66. The Morgan fingerprint density at radius 1 is 1.19 bits per heavy atom. The third kappa shape index (κ3) is 3.66. The van der Waals surface area contributed by atoms with Gasteiger partial charge in [-0.3, -0.25) is 10.1 Å². The molecule has 1 heterocycles. The molecule has 0 saturated heterocycles. The Kier molecular flexibility index (Phi) is 4.87. The first-order valence-corrected chi connectivity index (χ1v) is 8.08. The van der Waals surface area contributed by atoms with E-state index in [2.05, 4.69) is 6.07 Å². The fourth-order valence-corrected chi connectivity index (χ4v) is 2.66. The standard InChI is InChI=1S/C20H13ClN2O3/c1-13-2-4-14(5-3-13)15(12-22)10-17-7-9-20(26-17)18-8-6-16(21)11-19(18)23(24)25/h2-11H,1H3/b15-10-. The summed E-state index contributed by atoms with van der Waals surface area (Å²) in [5.41, 5.74) is 2.50. The molecule has 2 aromatic carbocycles. The van der Waals surface area contributed by atoms with E-state index in [0.29, 0.717) is 22.7 Å². The summed E-state index contributed by atoms with van der Waals surface area (Å²) in [5.74, 6) is 0.766. The Balaban J connectivity index is 1.99. The van der Waals surface area contributed by atoms with E-state index in [1.54, 1.807) is 24.3 Å². The molecule has 0 aliphatic carbocycles. The predicted molar refractivity (Wildman–Crippen MR) is 100 cm³/mol. The quantitative estimate of drug-likeness (QED) is 0.329. The molecule has 0 unspecified atom stereocenters. The largest absolute Gasteiger partial charge is 0.456 e. The van der Waals surface area contributed by atoms with Crippen molar-refractivity contribution in [3.63, 3.8) is 0 Å². The van der Waals surface area contributed by atoms with E-state index in [1.807, 2.05) is 31.2 Å². The van der Waals surface area contributed by atoms with Gasteiger partial charge in [-0.05, 0) is 42.8 Å². The molecule has 5 nitrogen and oxygen atoms in total. The second-order valence-corrected chi connectivity index (χ2v) is 6.09. The van der Waals surface area contributed by atoms with Gasteiger partial charge < -0.3 is 4.42 Å². The number of hydrogen-bond acceptors (Lipinski definition) is 4. The highest BCUT2D eigenvalue weighted by atomic mass is 35.5. The molecule has 128 valence electrons. The zero-order valence-electron chi connectivity index (χ0n) is 13.8. The SMILES string of the molecule is Cc1ccc(/C(C#N)=C\c2ccc(-c3ccc(Cl)cc3[N+](=O)[O-])o2)cc1. The number of benzene rings is 2. The van der Waals surface area contributed by atoms with E-state index in [1.165, 1.54) is 12.1 Å². The second kappa shape index (κ2) is 7.26. The van der Waals surface area contributed by atoms with Gasteiger partial charge in [-0.15, -0.1) is 0 Å². The summed E-state index contributed by atoms with van der Waals surface area (Å²) in [6.07, 6.45) is 1.61. The van der Waals surface area contributed by atoms with Gasteiger partial charge in [0.25, 0.3) is 5.69 Å². The van der Waals surface area contributed by atoms with Crippen molar-refractivity contribution in [1.82, 2.24) is 0 Å². The summed E-state index contributed by atoms with van der Waals surface area (Å²) < 4.78 is 5.70. The Morgan fingerprint density at radius 2 is 1.92 bits per heavy atom. The smallest absolute Gasteiger partial charge is 0.281 e. The molecule has 0 aliphatic rings. The molecule has 0 bridgehead atoms. The van der Waals surface area contributed by atoms with Crippen LogP contribution in [0.15, 0.2) is 59.0 Å². The topological polar surface area (TPSA) is 80.1 Å². The number of allylic oxidation sites excluding steroid dienone is 1. The third-order valence-electron chi connectivity index (χ3n) is 3.82. The van der Waals surface area contributed by atoms with Crippen LogP contribution in [0.25, 0.3) is 23.0 Å². The van der Waals surface area contributed by atoms with E-state index in [-0.39, 0.29) is 10.7 Å². The molecule has 0 aliphatic heterocycles. The number of halogens is 1. The first kappa shape index (κ1) is 17.5. The number of nitriles is 1. The van der Waals surface area contributed by atoms with Gasteiger partial charge in [0.2, 0.25) is 0 Å². The first-order valence-electron chi connectivity index (χ1n) is 7.71. The van der Waals surface area contributed by atoms with E-state index >= 15 is 0 Å². The van der Waals surface area contributed by atoms with E-state index in [4.69, 9.17) is 16.0 Å². The van der Waals surface area contributed by atoms with Crippen molar-refractivity contribution in [2.24, 2.45) is 0 Å². The molecule has 3 rings (SSSR count). The molecule has 0 radical (unpaired) electrons. The van der Waals surface area contributed by atoms with Crippen LogP contribution in [0.5, 0.6) is 0 Å². The summed E-state index contributed by atoms with van der Waals surface area (Å²) in [6.45, 7) is 1.97.